The van der Waals surface area contributed by atoms with Crippen LogP contribution in [0.3, 0.4) is 0 Å². The van der Waals surface area contributed by atoms with Crippen molar-refractivity contribution in [2.24, 2.45) is 0 Å². The number of aromatic nitrogens is 3. The second-order valence-corrected chi connectivity index (χ2v) is 3.76. The first kappa shape index (κ1) is 11.3. The average Bonchev–Trinajstić information content (AvgIpc) is 2.37. The predicted octanol–water partition coefficient (Wildman–Crippen LogP) is 0.844. The first-order valence-electron chi connectivity index (χ1n) is 5.41. The van der Waals surface area contributed by atoms with Gasteiger partial charge < -0.3 is 9.88 Å². The molecule has 1 N–H and O–H groups in total. The van der Waals surface area contributed by atoms with Crippen LogP contribution in [0.25, 0.3) is 0 Å². The Hall–Kier alpha value is -2.17. The summed E-state index contributed by atoms with van der Waals surface area (Å²) in [5.74, 6) is 0.671. The van der Waals surface area contributed by atoms with Gasteiger partial charge in [-0.2, -0.15) is 0 Å². The number of rotatable bonds is 4. The summed E-state index contributed by atoms with van der Waals surface area (Å²) in [5.41, 5.74) is 0.892. The van der Waals surface area contributed by atoms with Gasteiger partial charge in [-0.1, -0.05) is 6.07 Å². The molecule has 0 radical (unpaired) electrons. The lowest BCUT2D eigenvalue weighted by atomic mass is 10.2. The molecule has 0 unspecified atom stereocenters. The van der Waals surface area contributed by atoms with Gasteiger partial charge in [-0.3, -0.25) is 9.78 Å². The molecule has 5 heteroatoms. The topological polar surface area (TPSA) is 61.9 Å². The zero-order valence-electron chi connectivity index (χ0n) is 9.63. The molecule has 0 aliphatic heterocycles. The van der Waals surface area contributed by atoms with Crippen molar-refractivity contribution in [3.63, 3.8) is 0 Å². The van der Waals surface area contributed by atoms with Crippen LogP contribution in [-0.4, -0.2) is 28.5 Å². The third-order valence-corrected chi connectivity index (χ3v) is 2.48. The quantitative estimate of drug-likeness (QED) is 0.845. The van der Waals surface area contributed by atoms with Gasteiger partial charge in [0.05, 0.1) is 6.33 Å². The molecule has 5 nitrogen and oxygen atoms in total. The molecule has 0 amide bonds. The third kappa shape index (κ3) is 3.14. The van der Waals surface area contributed by atoms with Crippen molar-refractivity contribution in [2.45, 2.75) is 6.42 Å². The molecule has 0 saturated carbocycles. The summed E-state index contributed by atoms with van der Waals surface area (Å²) in [6.07, 6.45) is 4.02. The standard InChI is InChI=1S/C12H14N4O/c1-16(11-8-12(17)15-9-14-11)7-5-10-4-2-3-6-13-10/h2-4,6,8-9H,5,7H2,1H3,(H,14,15,17). The van der Waals surface area contributed by atoms with Crippen LogP contribution in [-0.2, 0) is 6.42 Å². The molecule has 0 spiro atoms. The summed E-state index contributed by atoms with van der Waals surface area (Å²) < 4.78 is 0. The fourth-order valence-electron chi connectivity index (χ4n) is 1.51. The first-order valence-corrected chi connectivity index (χ1v) is 5.41. The van der Waals surface area contributed by atoms with E-state index in [0.29, 0.717) is 5.82 Å². The normalized spacial score (nSPS) is 10.2. The van der Waals surface area contributed by atoms with E-state index in [1.165, 1.54) is 12.4 Å². The molecule has 0 aliphatic rings. The summed E-state index contributed by atoms with van der Waals surface area (Å²) in [6, 6.07) is 7.33. The Labute approximate surface area is 99.2 Å². The Morgan fingerprint density at radius 3 is 2.94 bits per heavy atom. The van der Waals surface area contributed by atoms with Crippen molar-refractivity contribution < 1.29 is 0 Å². The molecule has 2 heterocycles. The van der Waals surface area contributed by atoms with Crippen LogP contribution in [0.4, 0.5) is 5.82 Å². The second kappa shape index (κ2) is 5.25. The lowest BCUT2D eigenvalue weighted by molar-refractivity contribution is 0.834. The van der Waals surface area contributed by atoms with Crippen LogP contribution in [0.1, 0.15) is 5.69 Å². The van der Waals surface area contributed by atoms with Gasteiger partial charge in [-0.05, 0) is 12.1 Å². The lowest BCUT2D eigenvalue weighted by Crippen LogP contribution is -2.23. The molecule has 0 saturated heterocycles. The molecule has 2 aromatic rings. The molecule has 2 aromatic heterocycles. The first-order chi connectivity index (χ1) is 8.25. The number of pyridine rings is 1. The van der Waals surface area contributed by atoms with Crippen LogP contribution in [0.2, 0.25) is 0 Å². The number of hydrogen-bond donors (Lipinski definition) is 1. The van der Waals surface area contributed by atoms with Gasteiger partial charge in [0.15, 0.2) is 0 Å². The minimum absolute atomic E-state index is 0.139. The van der Waals surface area contributed by atoms with Crippen molar-refractivity contribution in [2.75, 3.05) is 18.5 Å². The summed E-state index contributed by atoms with van der Waals surface area (Å²) in [5, 5.41) is 0. The van der Waals surface area contributed by atoms with Gasteiger partial charge in [0.1, 0.15) is 5.82 Å². The lowest BCUT2D eigenvalue weighted by Gasteiger charge is -2.16. The number of aromatic amines is 1. The highest BCUT2D eigenvalue weighted by Crippen LogP contribution is 2.04. The van der Waals surface area contributed by atoms with E-state index in [-0.39, 0.29) is 5.56 Å². The smallest absolute Gasteiger partial charge is 0.252 e. The van der Waals surface area contributed by atoms with Crippen LogP contribution in [0.5, 0.6) is 0 Å². The van der Waals surface area contributed by atoms with Gasteiger partial charge in [-0.15, -0.1) is 0 Å². The largest absolute Gasteiger partial charge is 0.359 e. The van der Waals surface area contributed by atoms with E-state index in [0.717, 1.165) is 18.7 Å². The van der Waals surface area contributed by atoms with E-state index in [9.17, 15) is 4.79 Å². The summed E-state index contributed by atoms with van der Waals surface area (Å²) >= 11 is 0. The number of H-pyrrole nitrogens is 1. The fraction of sp³-hybridized carbons (Fsp3) is 0.250. The molecule has 17 heavy (non-hydrogen) atoms. The SMILES string of the molecule is CN(CCc1ccccn1)c1cc(=O)[nH]cn1. The van der Waals surface area contributed by atoms with Crippen molar-refractivity contribution in [1.29, 1.82) is 0 Å². The zero-order valence-corrected chi connectivity index (χ0v) is 9.63. The highest BCUT2D eigenvalue weighted by Gasteiger charge is 2.03. The maximum atomic E-state index is 11.1. The number of nitrogens with zero attached hydrogens (tertiary/aromatic N) is 3. The molecule has 0 aromatic carbocycles. The van der Waals surface area contributed by atoms with Crippen molar-refractivity contribution in [3.05, 3.63) is 52.8 Å². The van der Waals surface area contributed by atoms with E-state index >= 15 is 0 Å². The predicted molar refractivity (Wildman–Crippen MR) is 66.1 cm³/mol. The molecular formula is C12H14N4O. The minimum Gasteiger partial charge on any atom is -0.359 e. The molecule has 0 aliphatic carbocycles. The zero-order chi connectivity index (χ0) is 12.1. The highest BCUT2D eigenvalue weighted by molar-refractivity contribution is 5.35. The Morgan fingerprint density at radius 2 is 2.24 bits per heavy atom. The number of hydrogen-bond acceptors (Lipinski definition) is 4. The Kier molecular flexibility index (Phi) is 3.49. The molecule has 0 fully saturated rings. The maximum Gasteiger partial charge on any atom is 0.252 e. The summed E-state index contributed by atoms with van der Waals surface area (Å²) in [4.78, 5) is 23.9. The van der Waals surface area contributed by atoms with E-state index in [4.69, 9.17) is 0 Å². The summed E-state index contributed by atoms with van der Waals surface area (Å²) in [7, 11) is 1.91. The van der Waals surface area contributed by atoms with Crippen LogP contribution < -0.4 is 10.5 Å². The van der Waals surface area contributed by atoms with E-state index in [1.807, 2.05) is 30.1 Å². The van der Waals surface area contributed by atoms with Gasteiger partial charge >= 0.3 is 0 Å². The van der Waals surface area contributed by atoms with Gasteiger partial charge in [-0.25, -0.2) is 4.98 Å². The number of anilines is 1. The van der Waals surface area contributed by atoms with Crippen molar-refractivity contribution in [3.8, 4) is 0 Å². The maximum absolute atomic E-state index is 11.1. The van der Waals surface area contributed by atoms with Crippen molar-refractivity contribution in [1.82, 2.24) is 15.0 Å². The average molecular weight is 230 g/mol. The van der Waals surface area contributed by atoms with E-state index in [1.54, 1.807) is 6.20 Å². The van der Waals surface area contributed by atoms with Gasteiger partial charge in [0, 0.05) is 38.0 Å². The monoisotopic (exact) mass is 230 g/mol. The van der Waals surface area contributed by atoms with E-state index < -0.39 is 0 Å². The molecular weight excluding hydrogens is 216 g/mol. The van der Waals surface area contributed by atoms with Gasteiger partial charge in [0.25, 0.3) is 5.56 Å². The van der Waals surface area contributed by atoms with Gasteiger partial charge in [0.2, 0.25) is 0 Å². The molecule has 0 atom stereocenters. The van der Waals surface area contributed by atoms with E-state index in [2.05, 4.69) is 15.0 Å². The number of nitrogens with one attached hydrogen (secondary N) is 1. The second-order valence-electron chi connectivity index (χ2n) is 3.76. The van der Waals surface area contributed by atoms with Crippen molar-refractivity contribution >= 4 is 5.82 Å². The van der Waals surface area contributed by atoms with Crippen LogP contribution in [0, 0.1) is 0 Å². The Morgan fingerprint density at radius 1 is 1.35 bits per heavy atom. The molecule has 0 bridgehead atoms. The van der Waals surface area contributed by atoms with Crippen LogP contribution in [0.15, 0.2) is 41.6 Å². The highest BCUT2D eigenvalue weighted by atomic mass is 16.1. The summed E-state index contributed by atoms with van der Waals surface area (Å²) in [6.45, 7) is 0.771. The minimum atomic E-state index is -0.139. The molecule has 88 valence electrons. The molecule has 2 rings (SSSR count). The Bertz CT molecular complexity index is 523. The Balaban J connectivity index is 1.98. The third-order valence-electron chi connectivity index (χ3n) is 2.48. The number of likely N-dealkylation sites (N-methyl/N-ethyl adjacent to an activating group) is 1. The van der Waals surface area contributed by atoms with Crippen LogP contribution >= 0.6 is 0 Å². The fourth-order valence-corrected chi connectivity index (χ4v) is 1.51.